The maximum Gasteiger partial charge on any atom is 0.257 e. The van der Waals surface area contributed by atoms with Gasteiger partial charge in [0.1, 0.15) is 11.6 Å². The zero-order chi connectivity index (χ0) is 17.7. The van der Waals surface area contributed by atoms with Crippen LogP contribution in [0.5, 0.6) is 5.75 Å². The van der Waals surface area contributed by atoms with Gasteiger partial charge in [-0.1, -0.05) is 19.1 Å². The molecule has 128 valence electrons. The minimum Gasteiger partial charge on any atom is -0.497 e. The van der Waals surface area contributed by atoms with E-state index in [9.17, 15) is 4.79 Å². The number of carbonyl (C=O) groups is 1. The van der Waals surface area contributed by atoms with E-state index >= 15 is 0 Å². The number of aryl methyl sites for hydroxylation is 2. The number of aromatic nitrogens is 2. The van der Waals surface area contributed by atoms with E-state index in [-0.39, 0.29) is 11.9 Å². The van der Waals surface area contributed by atoms with E-state index in [2.05, 4.69) is 16.9 Å². The summed E-state index contributed by atoms with van der Waals surface area (Å²) in [4.78, 5) is 23.4. The van der Waals surface area contributed by atoms with Gasteiger partial charge in [-0.25, -0.2) is 9.97 Å². The van der Waals surface area contributed by atoms with Crippen LogP contribution in [-0.4, -0.2) is 34.4 Å². The highest BCUT2D eigenvalue weighted by atomic mass is 16.5. The lowest BCUT2D eigenvalue weighted by molar-refractivity contribution is 0.0681. The predicted octanol–water partition coefficient (Wildman–Crippen LogP) is 3.72. The number of methoxy groups -OCH3 is 1. The molecule has 0 bridgehead atoms. The van der Waals surface area contributed by atoms with Gasteiger partial charge in [0.05, 0.1) is 24.4 Å². The topological polar surface area (TPSA) is 55.3 Å². The van der Waals surface area contributed by atoms with Crippen LogP contribution < -0.4 is 4.74 Å². The molecule has 5 nitrogen and oxygen atoms in total. The smallest absolute Gasteiger partial charge is 0.257 e. The lowest BCUT2D eigenvalue weighted by Gasteiger charge is -2.31. The van der Waals surface area contributed by atoms with E-state index in [1.54, 1.807) is 13.3 Å². The molecule has 0 aliphatic heterocycles. The SMILES string of the molecule is CCC(c1ccc(OC)cc1)N(CC)C(=O)c1cnc(C)nc1C. The van der Waals surface area contributed by atoms with Gasteiger partial charge in [0.2, 0.25) is 0 Å². The molecule has 1 aromatic carbocycles. The number of benzene rings is 1. The molecule has 0 saturated heterocycles. The Hall–Kier alpha value is -2.43. The van der Waals surface area contributed by atoms with Crippen molar-refractivity contribution in [3.63, 3.8) is 0 Å². The van der Waals surface area contributed by atoms with Crippen molar-refractivity contribution in [3.05, 3.63) is 53.1 Å². The van der Waals surface area contributed by atoms with E-state index in [4.69, 9.17) is 4.74 Å². The molecular weight excluding hydrogens is 302 g/mol. The highest BCUT2D eigenvalue weighted by Gasteiger charge is 2.25. The fourth-order valence-electron chi connectivity index (χ4n) is 2.92. The van der Waals surface area contributed by atoms with Crippen LogP contribution in [-0.2, 0) is 0 Å². The Bertz CT molecular complexity index is 698. The maximum atomic E-state index is 13.0. The van der Waals surface area contributed by atoms with Crippen LogP contribution in [0, 0.1) is 13.8 Å². The Kier molecular flexibility index (Phi) is 5.90. The van der Waals surface area contributed by atoms with Gasteiger partial charge >= 0.3 is 0 Å². The van der Waals surface area contributed by atoms with Crippen LogP contribution in [0.3, 0.4) is 0 Å². The van der Waals surface area contributed by atoms with E-state index in [1.807, 2.05) is 49.9 Å². The predicted molar refractivity (Wildman–Crippen MR) is 94.2 cm³/mol. The summed E-state index contributed by atoms with van der Waals surface area (Å²) in [7, 11) is 1.65. The van der Waals surface area contributed by atoms with E-state index in [0.29, 0.717) is 17.9 Å². The molecule has 0 fully saturated rings. The monoisotopic (exact) mass is 327 g/mol. The number of hydrogen-bond acceptors (Lipinski definition) is 4. The van der Waals surface area contributed by atoms with Crippen molar-refractivity contribution in [2.24, 2.45) is 0 Å². The minimum atomic E-state index is -0.0299. The van der Waals surface area contributed by atoms with Crippen molar-refractivity contribution >= 4 is 5.91 Å². The van der Waals surface area contributed by atoms with Crippen molar-refractivity contribution in [1.29, 1.82) is 0 Å². The molecule has 0 spiro atoms. The Labute approximate surface area is 143 Å². The summed E-state index contributed by atoms with van der Waals surface area (Å²) in [6.45, 7) is 8.38. The van der Waals surface area contributed by atoms with Crippen molar-refractivity contribution in [2.45, 2.75) is 40.2 Å². The maximum absolute atomic E-state index is 13.0. The molecule has 1 heterocycles. The highest BCUT2D eigenvalue weighted by Crippen LogP contribution is 2.27. The fraction of sp³-hybridized carbons (Fsp3) is 0.421. The fourth-order valence-corrected chi connectivity index (χ4v) is 2.92. The Morgan fingerprint density at radius 3 is 2.38 bits per heavy atom. The zero-order valence-electron chi connectivity index (χ0n) is 15.0. The molecule has 5 heteroatoms. The standard InChI is InChI=1S/C19H25N3O2/c1-6-18(15-8-10-16(24-5)11-9-15)22(7-2)19(23)17-12-20-14(4)21-13(17)3/h8-12,18H,6-7H2,1-5H3. The minimum absolute atomic E-state index is 0.00843. The van der Waals surface area contributed by atoms with Crippen molar-refractivity contribution < 1.29 is 9.53 Å². The molecular formula is C19H25N3O2. The average Bonchev–Trinajstić information content (AvgIpc) is 2.59. The molecule has 2 aromatic rings. The summed E-state index contributed by atoms with van der Waals surface area (Å²) in [6, 6.07) is 7.89. The Morgan fingerprint density at radius 2 is 1.88 bits per heavy atom. The number of amides is 1. The third-order valence-corrected chi connectivity index (χ3v) is 4.20. The first kappa shape index (κ1) is 17.9. The summed E-state index contributed by atoms with van der Waals surface area (Å²) in [6.07, 6.45) is 2.46. The normalized spacial score (nSPS) is 11.9. The lowest BCUT2D eigenvalue weighted by Crippen LogP contribution is -2.35. The summed E-state index contributed by atoms with van der Waals surface area (Å²) in [5.74, 6) is 1.46. The van der Waals surface area contributed by atoms with Crippen molar-refractivity contribution in [2.75, 3.05) is 13.7 Å². The van der Waals surface area contributed by atoms with Gasteiger partial charge in [-0.3, -0.25) is 4.79 Å². The van der Waals surface area contributed by atoms with Crippen LogP contribution in [0.2, 0.25) is 0 Å². The number of carbonyl (C=O) groups excluding carboxylic acids is 1. The van der Waals surface area contributed by atoms with Crippen molar-refractivity contribution in [3.8, 4) is 5.75 Å². The van der Waals surface area contributed by atoms with E-state index in [1.165, 1.54) is 0 Å². The van der Waals surface area contributed by atoms with E-state index < -0.39 is 0 Å². The number of hydrogen-bond donors (Lipinski definition) is 0. The first-order chi connectivity index (χ1) is 11.5. The number of ether oxygens (including phenoxy) is 1. The third-order valence-electron chi connectivity index (χ3n) is 4.20. The highest BCUT2D eigenvalue weighted by molar-refractivity contribution is 5.95. The molecule has 0 N–H and O–H groups in total. The molecule has 1 aromatic heterocycles. The molecule has 1 atom stereocenters. The molecule has 1 unspecified atom stereocenters. The lowest BCUT2D eigenvalue weighted by atomic mass is 10.0. The van der Waals surface area contributed by atoms with Crippen LogP contribution >= 0.6 is 0 Å². The molecule has 1 amide bonds. The second-order valence-electron chi connectivity index (χ2n) is 5.70. The van der Waals surface area contributed by atoms with Gasteiger partial charge in [0.25, 0.3) is 5.91 Å². The quantitative estimate of drug-likeness (QED) is 0.811. The molecule has 0 radical (unpaired) electrons. The Balaban J connectivity index is 2.34. The number of rotatable bonds is 6. The Morgan fingerprint density at radius 1 is 1.21 bits per heavy atom. The summed E-state index contributed by atoms with van der Waals surface area (Å²) in [5.41, 5.74) is 2.38. The largest absolute Gasteiger partial charge is 0.497 e. The van der Waals surface area contributed by atoms with Gasteiger partial charge in [-0.15, -0.1) is 0 Å². The van der Waals surface area contributed by atoms with Gasteiger partial charge < -0.3 is 9.64 Å². The molecule has 2 rings (SSSR count). The van der Waals surface area contributed by atoms with Crippen LogP contribution in [0.25, 0.3) is 0 Å². The third kappa shape index (κ3) is 3.72. The van der Waals surface area contributed by atoms with Crippen molar-refractivity contribution in [1.82, 2.24) is 14.9 Å². The first-order valence-electron chi connectivity index (χ1n) is 8.26. The van der Waals surface area contributed by atoms with Gasteiger partial charge in [0.15, 0.2) is 0 Å². The van der Waals surface area contributed by atoms with E-state index in [0.717, 1.165) is 23.4 Å². The molecule has 24 heavy (non-hydrogen) atoms. The zero-order valence-corrected chi connectivity index (χ0v) is 15.0. The second-order valence-corrected chi connectivity index (χ2v) is 5.70. The summed E-state index contributed by atoms with van der Waals surface area (Å²) in [5, 5.41) is 0. The summed E-state index contributed by atoms with van der Waals surface area (Å²) < 4.78 is 5.22. The van der Waals surface area contributed by atoms with Crippen LogP contribution in [0.1, 0.15) is 53.7 Å². The second kappa shape index (κ2) is 7.90. The van der Waals surface area contributed by atoms with Crippen LogP contribution in [0.15, 0.2) is 30.5 Å². The number of nitrogens with zero attached hydrogens (tertiary/aromatic N) is 3. The first-order valence-corrected chi connectivity index (χ1v) is 8.26. The molecule has 0 aliphatic carbocycles. The average molecular weight is 327 g/mol. The molecule has 0 aliphatic rings. The van der Waals surface area contributed by atoms with Gasteiger partial charge in [-0.2, -0.15) is 0 Å². The van der Waals surface area contributed by atoms with Gasteiger partial charge in [0, 0.05) is 12.7 Å². The summed E-state index contributed by atoms with van der Waals surface area (Å²) >= 11 is 0. The van der Waals surface area contributed by atoms with Gasteiger partial charge in [-0.05, 0) is 44.9 Å². The van der Waals surface area contributed by atoms with Crippen LogP contribution in [0.4, 0.5) is 0 Å². The molecule has 0 saturated carbocycles.